The molecule has 3 rings (SSSR count). The van der Waals surface area contributed by atoms with Crippen LogP contribution in [0.1, 0.15) is 69.1 Å². The summed E-state index contributed by atoms with van der Waals surface area (Å²) in [4.78, 5) is 11.2. The summed E-state index contributed by atoms with van der Waals surface area (Å²) < 4.78 is 6.00. The van der Waals surface area contributed by atoms with E-state index < -0.39 is 0 Å². The molecule has 0 aromatic heterocycles. The van der Waals surface area contributed by atoms with Crippen molar-refractivity contribution >= 4 is 5.78 Å². The number of Topliss-reactive ketones (excluding diaryl/α,β-unsaturated/α-hetero) is 1. The molecule has 1 atom stereocenters. The number of hydrogen-bond acceptors (Lipinski definition) is 2. The second kappa shape index (κ2) is 10.1. The van der Waals surface area contributed by atoms with Crippen LogP contribution in [0.5, 0.6) is 5.75 Å². The van der Waals surface area contributed by atoms with Gasteiger partial charge in [-0.05, 0) is 93.3 Å². The van der Waals surface area contributed by atoms with Crippen molar-refractivity contribution in [1.29, 1.82) is 0 Å². The van der Waals surface area contributed by atoms with E-state index >= 15 is 0 Å². The van der Waals surface area contributed by atoms with Gasteiger partial charge in [0.15, 0.2) is 0 Å². The SMILES string of the molecule is CC(=O)CC(C)CCc1ccc(C#Cc2ccc(OC3CCCC3)cc2)cc1. The number of carbonyl (C=O) groups excluding carboxylic acids is 1. The van der Waals surface area contributed by atoms with Gasteiger partial charge in [0.25, 0.3) is 0 Å². The van der Waals surface area contributed by atoms with E-state index in [9.17, 15) is 4.79 Å². The van der Waals surface area contributed by atoms with E-state index in [1.807, 2.05) is 24.3 Å². The highest BCUT2D eigenvalue weighted by molar-refractivity contribution is 5.75. The molecule has 1 saturated carbocycles. The second-order valence-corrected chi connectivity index (χ2v) is 8.05. The van der Waals surface area contributed by atoms with E-state index in [4.69, 9.17) is 4.74 Å². The molecule has 1 aliphatic rings. The number of ketones is 1. The molecule has 0 spiro atoms. The van der Waals surface area contributed by atoms with Crippen LogP contribution >= 0.6 is 0 Å². The standard InChI is InChI=1S/C26H30O2/c1-20(19-21(2)27)7-8-22-9-11-23(12-10-22)13-14-24-15-17-26(18-16-24)28-25-5-3-4-6-25/h9-12,15-18,20,25H,3-8,19H2,1-2H3. The van der Waals surface area contributed by atoms with Crippen LogP contribution in [0, 0.1) is 17.8 Å². The van der Waals surface area contributed by atoms with Crippen LogP contribution in [0.25, 0.3) is 0 Å². The van der Waals surface area contributed by atoms with Gasteiger partial charge < -0.3 is 9.53 Å². The smallest absolute Gasteiger partial charge is 0.130 e. The van der Waals surface area contributed by atoms with E-state index in [1.54, 1.807) is 6.92 Å². The lowest BCUT2D eigenvalue weighted by Crippen LogP contribution is -2.10. The molecule has 0 radical (unpaired) electrons. The quantitative estimate of drug-likeness (QED) is 0.559. The van der Waals surface area contributed by atoms with Crippen molar-refractivity contribution in [2.24, 2.45) is 5.92 Å². The molecule has 0 aliphatic heterocycles. The minimum Gasteiger partial charge on any atom is -0.490 e. The van der Waals surface area contributed by atoms with E-state index in [-0.39, 0.29) is 5.78 Å². The summed E-state index contributed by atoms with van der Waals surface area (Å²) >= 11 is 0. The number of ether oxygens (including phenoxy) is 1. The summed E-state index contributed by atoms with van der Waals surface area (Å²) in [6.45, 7) is 3.81. The highest BCUT2D eigenvalue weighted by Gasteiger charge is 2.16. The van der Waals surface area contributed by atoms with Crippen LogP contribution < -0.4 is 4.74 Å². The van der Waals surface area contributed by atoms with Crippen molar-refractivity contribution in [3.63, 3.8) is 0 Å². The molecule has 2 nitrogen and oxygen atoms in total. The third-order valence-corrected chi connectivity index (χ3v) is 5.33. The summed E-state index contributed by atoms with van der Waals surface area (Å²) in [5.74, 6) is 8.13. The zero-order valence-corrected chi connectivity index (χ0v) is 17.0. The van der Waals surface area contributed by atoms with Crippen LogP contribution in [-0.2, 0) is 11.2 Å². The van der Waals surface area contributed by atoms with Crippen LogP contribution in [0.4, 0.5) is 0 Å². The molecule has 0 bridgehead atoms. The number of rotatable bonds is 7. The fraction of sp³-hybridized carbons (Fsp3) is 0.423. The van der Waals surface area contributed by atoms with Crippen LogP contribution in [0.2, 0.25) is 0 Å². The van der Waals surface area contributed by atoms with Crippen LogP contribution in [-0.4, -0.2) is 11.9 Å². The molecule has 0 heterocycles. The maximum absolute atomic E-state index is 11.2. The maximum Gasteiger partial charge on any atom is 0.130 e. The first-order valence-corrected chi connectivity index (χ1v) is 10.5. The lowest BCUT2D eigenvalue weighted by molar-refractivity contribution is -0.117. The fourth-order valence-corrected chi connectivity index (χ4v) is 3.72. The molecule has 146 valence electrons. The summed E-state index contributed by atoms with van der Waals surface area (Å²) in [6, 6.07) is 16.5. The lowest BCUT2D eigenvalue weighted by atomic mass is 9.96. The first-order chi connectivity index (χ1) is 13.6. The van der Waals surface area contributed by atoms with Gasteiger partial charge in [-0.3, -0.25) is 0 Å². The largest absolute Gasteiger partial charge is 0.490 e. The maximum atomic E-state index is 11.2. The van der Waals surface area contributed by atoms with Crippen molar-refractivity contribution in [3.05, 3.63) is 65.2 Å². The van der Waals surface area contributed by atoms with Gasteiger partial charge in [-0.1, -0.05) is 30.9 Å². The average molecular weight is 375 g/mol. The van der Waals surface area contributed by atoms with Gasteiger partial charge in [0.2, 0.25) is 0 Å². The summed E-state index contributed by atoms with van der Waals surface area (Å²) in [5.41, 5.74) is 3.32. The van der Waals surface area contributed by atoms with E-state index in [1.165, 1.54) is 31.2 Å². The molecule has 1 fully saturated rings. The van der Waals surface area contributed by atoms with Crippen LogP contribution in [0.15, 0.2) is 48.5 Å². The summed E-state index contributed by atoms with van der Waals surface area (Å²) in [5, 5.41) is 0. The topological polar surface area (TPSA) is 26.3 Å². The third kappa shape index (κ3) is 6.57. The Bertz CT molecular complexity index is 815. The predicted molar refractivity (Wildman–Crippen MR) is 115 cm³/mol. The number of aryl methyl sites for hydroxylation is 1. The van der Waals surface area contributed by atoms with Gasteiger partial charge in [0.1, 0.15) is 11.5 Å². The number of hydrogen-bond donors (Lipinski definition) is 0. The molecule has 1 unspecified atom stereocenters. The fourth-order valence-electron chi connectivity index (χ4n) is 3.72. The Hall–Kier alpha value is -2.53. The normalized spacial score (nSPS) is 14.9. The van der Waals surface area contributed by atoms with Gasteiger partial charge in [0, 0.05) is 17.5 Å². The minimum atomic E-state index is 0.274. The lowest BCUT2D eigenvalue weighted by Gasteiger charge is -2.12. The highest BCUT2D eigenvalue weighted by atomic mass is 16.5. The average Bonchev–Trinajstić information content (AvgIpc) is 3.19. The Labute approximate surface area is 169 Å². The van der Waals surface area contributed by atoms with Crippen LogP contribution in [0.3, 0.4) is 0 Å². The highest BCUT2D eigenvalue weighted by Crippen LogP contribution is 2.24. The monoisotopic (exact) mass is 374 g/mol. The molecule has 2 heteroatoms. The zero-order chi connectivity index (χ0) is 19.8. The van der Waals surface area contributed by atoms with Gasteiger partial charge in [0.05, 0.1) is 6.10 Å². The van der Waals surface area contributed by atoms with Crippen molar-refractivity contribution < 1.29 is 9.53 Å². The Kier molecular flexibility index (Phi) is 7.31. The predicted octanol–water partition coefficient (Wildman–Crippen LogP) is 5.96. The molecule has 0 N–H and O–H groups in total. The van der Waals surface area contributed by atoms with Gasteiger partial charge in [-0.2, -0.15) is 0 Å². The zero-order valence-electron chi connectivity index (χ0n) is 17.0. The number of carbonyl (C=O) groups is 1. The first kappa shape index (κ1) is 20.2. The molecule has 2 aromatic rings. The molecular formula is C26H30O2. The Morgan fingerprint density at radius 3 is 2.14 bits per heavy atom. The van der Waals surface area contributed by atoms with Gasteiger partial charge >= 0.3 is 0 Å². The first-order valence-electron chi connectivity index (χ1n) is 10.5. The van der Waals surface area contributed by atoms with E-state index in [2.05, 4.69) is 43.0 Å². The van der Waals surface area contributed by atoms with E-state index in [0.29, 0.717) is 18.4 Å². The van der Waals surface area contributed by atoms with Crippen molar-refractivity contribution in [2.45, 2.75) is 64.9 Å². The number of benzene rings is 2. The Morgan fingerprint density at radius 2 is 1.57 bits per heavy atom. The van der Waals surface area contributed by atoms with Crippen molar-refractivity contribution in [2.75, 3.05) is 0 Å². The van der Waals surface area contributed by atoms with Crippen molar-refractivity contribution in [1.82, 2.24) is 0 Å². The van der Waals surface area contributed by atoms with Gasteiger partial charge in [-0.15, -0.1) is 0 Å². The summed E-state index contributed by atoms with van der Waals surface area (Å²) in [7, 11) is 0. The molecule has 2 aromatic carbocycles. The Morgan fingerprint density at radius 1 is 1.00 bits per heavy atom. The molecular weight excluding hydrogens is 344 g/mol. The van der Waals surface area contributed by atoms with E-state index in [0.717, 1.165) is 29.7 Å². The Balaban J connectivity index is 1.51. The molecule has 28 heavy (non-hydrogen) atoms. The summed E-state index contributed by atoms with van der Waals surface area (Å²) in [6.07, 6.45) is 8.02. The molecule has 0 amide bonds. The minimum absolute atomic E-state index is 0.274. The molecule has 0 saturated heterocycles. The van der Waals surface area contributed by atoms with Gasteiger partial charge in [-0.25, -0.2) is 0 Å². The molecule has 1 aliphatic carbocycles. The third-order valence-electron chi connectivity index (χ3n) is 5.33. The van der Waals surface area contributed by atoms with Crippen molar-refractivity contribution in [3.8, 4) is 17.6 Å². The second-order valence-electron chi connectivity index (χ2n) is 8.05.